The highest BCUT2D eigenvalue weighted by Crippen LogP contribution is 2.26. The van der Waals surface area contributed by atoms with Gasteiger partial charge in [0.25, 0.3) is 5.91 Å². The number of amides is 1. The number of hydrogen-bond donors (Lipinski definition) is 0. The second-order valence-electron chi connectivity index (χ2n) is 4.92. The lowest BCUT2D eigenvalue weighted by molar-refractivity contribution is 0.0644. The van der Waals surface area contributed by atoms with Crippen LogP contribution in [0.3, 0.4) is 0 Å². The molecular weight excluding hydrogens is 310 g/mol. The van der Waals surface area contributed by atoms with Crippen molar-refractivity contribution in [1.29, 1.82) is 0 Å². The van der Waals surface area contributed by atoms with E-state index in [0.717, 1.165) is 28.7 Å². The van der Waals surface area contributed by atoms with Gasteiger partial charge in [-0.15, -0.1) is 11.3 Å². The normalized spacial score (nSPS) is 11.3. The van der Waals surface area contributed by atoms with Gasteiger partial charge in [-0.05, 0) is 46.1 Å². The fraction of sp³-hybridized carbons (Fsp3) is 0.643. The molecule has 4 heteroatoms. The van der Waals surface area contributed by atoms with Crippen LogP contribution in [0.1, 0.15) is 50.2 Å². The molecule has 0 atom stereocenters. The fourth-order valence-corrected chi connectivity index (χ4v) is 3.59. The molecule has 0 aromatic carbocycles. The molecule has 18 heavy (non-hydrogen) atoms. The van der Waals surface area contributed by atoms with Gasteiger partial charge in [0.1, 0.15) is 4.88 Å². The highest BCUT2D eigenvalue weighted by Gasteiger charge is 2.25. The number of nitrogens with zero attached hydrogens (tertiary/aromatic N) is 1. The van der Waals surface area contributed by atoms with Crippen molar-refractivity contribution in [2.45, 2.75) is 46.6 Å². The molecule has 0 unspecified atom stereocenters. The summed E-state index contributed by atoms with van der Waals surface area (Å²) in [6, 6.07) is 2.28. The van der Waals surface area contributed by atoms with Crippen molar-refractivity contribution in [3.63, 3.8) is 0 Å². The Bertz CT molecular complexity index is 385. The number of thiophene rings is 1. The topological polar surface area (TPSA) is 20.3 Å². The van der Waals surface area contributed by atoms with E-state index >= 15 is 0 Å². The Morgan fingerprint density at radius 2 is 2.00 bits per heavy atom. The molecule has 0 aliphatic carbocycles. The van der Waals surface area contributed by atoms with E-state index in [9.17, 15) is 4.79 Å². The molecule has 0 saturated carbocycles. The standard InChI is InChI=1S/C14H22BrNOS/c1-5-11(6-2)16(9-10(3)4)14(17)13-12(15)7-8-18-13/h7-8,10-11H,5-6,9H2,1-4H3. The Labute approximate surface area is 123 Å². The third-order valence-electron chi connectivity index (χ3n) is 3.02. The summed E-state index contributed by atoms with van der Waals surface area (Å²) in [5, 5.41) is 1.96. The molecule has 1 amide bonds. The molecule has 102 valence electrons. The lowest BCUT2D eigenvalue weighted by atomic mass is 10.1. The average Bonchev–Trinajstić information content (AvgIpc) is 2.74. The third kappa shape index (κ3) is 3.82. The van der Waals surface area contributed by atoms with Crippen LogP contribution < -0.4 is 0 Å². The summed E-state index contributed by atoms with van der Waals surface area (Å²) in [7, 11) is 0. The van der Waals surface area contributed by atoms with Crippen molar-refractivity contribution in [3.05, 3.63) is 20.8 Å². The van der Waals surface area contributed by atoms with E-state index in [-0.39, 0.29) is 5.91 Å². The summed E-state index contributed by atoms with van der Waals surface area (Å²) in [5.41, 5.74) is 0. The largest absolute Gasteiger partial charge is 0.335 e. The number of halogens is 1. The van der Waals surface area contributed by atoms with Crippen molar-refractivity contribution in [2.24, 2.45) is 5.92 Å². The quantitative estimate of drug-likeness (QED) is 0.733. The number of hydrogen-bond acceptors (Lipinski definition) is 2. The summed E-state index contributed by atoms with van der Waals surface area (Å²) < 4.78 is 0.914. The van der Waals surface area contributed by atoms with Gasteiger partial charge in [0.15, 0.2) is 0 Å². The number of rotatable bonds is 6. The third-order valence-corrected chi connectivity index (χ3v) is 4.84. The first-order chi connectivity index (χ1) is 8.51. The van der Waals surface area contributed by atoms with E-state index in [1.165, 1.54) is 11.3 Å². The summed E-state index contributed by atoms with van der Waals surface area (Å²) in [4.78, 5) is 15.5. The molecule has 0 fully saturated rings. The van der Waals surface area contributed by atoms with E-state index in [0.29, 0.717) is 12.0 Å². The van der Waals surface area contributed by atoms with Gasteiger partial charge >= 0.3 is 0 Å². The molecule has 0 N–H and O–H groups in total. The molecule has 0 aliphatic heterocycles. The van der Waals surface area contributed by atoms with Gasteiger partial charge in [0.2, 0.25) is 0 Å². The van der Waals surface area contributed by atoms with Crippen molar-refractivity contribution in [2.75, 3.05) is 6.54 Å². The minimum atomic E-state index is 0.166. The Hall–Kier alpha value is -0.350. The zero-order valence-electron chi connectivity index (χ0n) is 11.6. The smallest absolute Gasteiger partial charge is 0.265 e. The summed E-state index contributed by atoms with van der Waals surface area (Å²) >= 11 is 4.97. The lowest BCUT2D eigenvalue weighted by Gasteiger charge is -2.32. The minimum absolute atomic E-state index is 0.166. The molecule has 0 bridgehead atoms. The van der Waals surface area contributed by atoms with Gasteiger partial charge in [-0.25, -0.2) is 0 Å². The van der Waals surface area contributed by atoms with Crippen LogP contribution in [0.2, 0.25) is 0 Å². The van der Waals surface area contributed by atoms with Crippen LogP contribution in [0.15, 0.2) is 15.9 Å². The van der Waals surface area contributed by atoms with Crippen molar-refractivity contribution >= 4 is 33.2 Å². The summed E-state index contributed by atoms with van der Waals surface area (Å²) in [6.07, 6.45) is 2.02. The molecule has 1 rings (SSSR count). The van der Waals surface area contributed by atoms with Crippen molar-refractivity contribution < 1.29 is 4.79 Å². The minimum Gasteiger partial charge on any atom is -0.335 e. The zero-order chi connectivity index (χ0) is 13.7. The van der Waals surface area contributed by atoms with Crippen LogP contribution in [-0.2, 0) is 0 Å². The number of carbonyl (C=O) groups is 1. The molecule has 0 aliphatic rings. The maximum absolute atomic E-state index is 12.6. The summed E-state index contributed by atoms with van der Waals surface area (Å²) in [6.45, 7) is 9.45. The lowest BCUT2D eigenvalue weighted by Crippen LogP contribution is -2.41. The SMILES string of the molecule is CCC(CC)N(CC(C)C)C(=O)c1sccc1Br. The maximum Gasteiger partial charge on any atom is 0.265 e. The first-order valence-electron chi connectivity index (χ1n) is 6.55. The first kappa shape index (κ1) is 15.7. The maximum atomic E-state index is 12.6. The van der Waals surface area contributed by atoms with Gasteiger partial charge < -0.3 is 4.90 Å². The van der Waals surface area contributed by atoms with E-state index in [4.69, 9.17) is 0 Å². The van der Waals surface area contributed by atoms with E-state index in [1.807, 2.05) is 16.3 Å². The highest BCUT2D eigenvalue weighted by molar-refractivity contribution is 9.10. The van der Waals surface area contributed by atoms with Crippen LogP contribution in [0, 0.1) is 5.92 Å². The Balaban J connectivity index is 2.95. The second kappa shape index (κ2) is 7.29. The molecular formula is C14H22BrNOS. The molecule has 0 saturated heterocycles. The average molecular weight is 332 g/mol. The number of carbonyl (C=O) groups excluding carboxylic acids is 1. The second-order valence-corrected chi connectivity index (χ2v) is 6.69. The predicted octanol–water partition coefficient (Wildman–Crippen LogP) is 4.80. The van der Waals surface area contributed by atoms with Crippen LogP contribution in [0.5, 0.6) is 0 Å². The molecule has 1 heterocycles. The van der Waals surface area contributed by atoms with E-state index < -0.39 is 0 Å². The van der Waals surface area contributed by atoms with Gasteiger partial charge in [-0.3, -0.25) is 4.79 Å². The Kier molecular flexibility index (Phi) is 6.36. The van der Waals surface area contributed by atoms with Gasteiger partial charge in [0, 0.05) is 17.1 Å². The van der Waals surface area contributed by atoms with E-state index in [2.05, 4.69) is 43.6 Å². The Morgan fingerprint density at radius 3 is 2.39 bits per heavy atom. The van der Waals surface area contributed by atoms with Crippen LogP contribution in [-0.4, -0.2) is 23.4 Å². The Morgan fingerprint density at radius 1 is 1.39 bits per heavy atom. The van der Waals surface area contributed by atoms with Gasteiger partial charge in [0.05, 0.1) is 0 Å². The molecule has 0 spiro atoms. The van der Waals surface area contributed by atoms with Crippen molar-refractivity contribution in [1.82, 2.24) is 4.90 Å². The van der Waals surface area contributed by atoms with Crippen LogP contribution in [0.25, 0.3) is 0 Å². The molecule has 1 aromatic rings. The highest BCUT2D eigenvalue weighted by atomic mass is 79.9. The molecule has 2 nitrogen and oxygen atoms in total. The first-order valence-corrected chi connectivity index (χ1v) is 8.22. The van der Waals surface area contributed by atoms with Gasteiger partial charge in [-0.2, -0.15) is 0 Å². The summed E-state index contributed by atoms with van der Waals surface area (Å²) in [5.74, 6) is 0.660. The van der Waals surface area contributed by atoms with Crippen LogP contribution >= 0.6 is 27.3 Å². The molecule has 1 aromatic heterocycles. The van der Waals surface area contributed by atoms with E-state index in [1.54, 1.807) is 0 Å². The fourth-order valence-electron chi connectivity index (χ4n) is 2.10. The van der Waals surface area contributed by atoms with Crippen molar-refractivity contribution in [3.8, 4) is 0 Å². The van der Waals surface area contributed by atoms with Gasteiger partial charge in [-0.1, -0.05) is 27.7 Å². The molecule has 0 radical (unpaired) electrons. The zero-order valence-corrected chi connectivity index (χ0v) is 14.0. The van der Waals surface area contributed by atoms with Crippen LogP contribution in [0.4, 0.5) is 0 Å². The predicted molar refractivity (Wildman–Crippen MR) is 82.3 cm³/mol. The monoisotopic (exact) mass is 331 g/mol.